The summed E-state index contributed by atoms with van der Waals surface area (Å²) in [5.41, 5.74) is 0.913. The van der Waals surface area contributed by atoms with Crippen LogP contribution in [0.25, 0.3) is 0 Å². The molecule has 68 valence electrons. The van der Waals surface area contributed by atoms with Gasteiger partial charge in [0.25, 0.3) is 0 Å². The normalized spacial score (nSPS) is 52.0. The maximum atomic E-state index is 1.60. The molecule has 0 saturated heterocycles. The highest BCUT2D eigenvalue weighted by Crippen LogP contribution is 2.63. The van der Waals surface area contributed by atoms with Gasteiger partial charge in [0.1, 0.15) is 0 Å². The van der Waals surface area contributed by atoms with E-state index in [1.807, 2.05) is 0 Å². The van der Waals surface area contributed by atoms with Crippen molar-refractivity contribution in [2.24, 2.45) is 17.3 Å². The molecule has 3 aliphatic carbocycles. The third-order valence-electron chi connectivity index (χ3n) is 5.13. The smallest absolute Gasteiger partial charge is 0.0241 e. The van der Waals surface area contributed by atoms with Crippen molar-refractivity contribution in [3.63, 3.8) is 0 Å². The van der Waals surface area contributed by atoms with Crippen LogP contribution < -0.4 is 0 Å². The number of hydrogen-bond acceptors (Lipinski definition) is 0. The van der Waals surface area contributed by atoms with Crippen LogP contribution in [0.2, 0.25) is 0 Å². The highest BCUT2D eigenvalue weighted by molar-refractivity contribution is 5.03. The zero-order valence-corrected chi connectivity index (χ0v) is 8.02. The summed E-state index contributed by atoms with van der Waals surface area (Å²) < 4.78 is 0. The molecule has 3 unspecified atom stereocenters. The molecule has 3 rings (SSSR count). The van der Waals surface area contributed by atoms with E-state index in [0.717, 1.165) is 5.41 Å². The van der Waals surface area contributed by atoms with Crippen LogP contribution in [-0.4, -0.2) is 0 Å². The molecule has 3 saturated carbocycles. The first-order chi connectivity index (χ1) is 5.92. The highest BCUT2D eigenvalue weighted by Gasteiger charge is 2.53. The lowest BCUT2D eigenvalue weighted by Crippen LogP contribution is -2.50. The van der Waals surface area contributed by atoms with Gasteiger partial charge in [-0.15, -0.1) is 0 Å². The summed E-state index contributed by atoms with van der Waals surface area (Å²) in [5, 5.41) is 0. The van der Waals surface area contributed by atoms with Gasteiger partial charge < -0.3 is 0 Å². The van der Waals surface area contributed by atoms with Gasteiger partial charge in [0.05, 0.1) is 0 Å². The maximum Gasteiger partial charge on any atom is -0.0241 e. The van der Waals surface area contributed by atoms with Crippen LogP contribution in [0.3, 0.4) is 0 Å². The average molecular weight is 164 g/mol. The van der Waals surface area contributed by atoms with E-state index < -0.39 is 0 Å². The Balaban J connectivity index is 1.85. The van der Waals surface area contributed by atoms with Gasteiger partial charge >= 0.3 is 0 Å². The molecule has 0 nitrogen and oxygen atoms in total. The monoisotopic (exact) mass is 164 g/mol. The first kappa shape index (κ1) is 7.41. The first-order valence-corrected chi connectivity index (χ1v) is 5.92. The van der Waals surface area contributed by atoms with Gasteiger partial charge in [0.15, 0.2) is 0 Å². The minimum absolute atomic E-state index is 0.913. The Bertz CT molecular complexity index is 182. The van der Waals surface area contributed by atoms with Crippen LogP contribution in [0.4, 0.5) is 0 Å². The van der Waals surface area contributed by atoms with Gasteiger partial charge in [-0.3, -0.25) is 0 Å². The Morgan fingerprint density at radius 2 is 1.42 bits per heavy atom. The fraction of sp³-hybridized carbons (Fsp3) is 1.00. The molecule has 3 fully saturated rings. The van der Waals surface area contributed by atoms with E-state index in [1.54, 1.807) is 57.8 Å². The zero-order chi connectivity index (χ0) is 8.02. The van der Waals surface area contributed by atoms with E-state index in [4.69, 9.17) is 0 Å². The van der Waals surface area contributed by atoms with Crippen LogP contribution >= 0.6 is 0 Å². The van der Waals surface area contributed by atoms with Crippen molar-refractivity contribution in [1.82, 2.24) is 0 Å². The molecule has 3 aliphatic rings. The molecular weight excluding hydrogens is 144 g/mol. The Morgan fingerprint density at radius 3 is 2.08 bits per heavy atom. The Labute approximate surface area is 75.7 Å². The molecule has 0 amide bonds. The molecule has 0 bridgehead atoms. The lowest BCUT2D eigenvalue weighted by Gasteiger charge is -2.60. The van der Waals surface area contributed by atoms with E-state index in [0.29, 0.717) is 0 Å². The Hall–Kier alpha value is 0. The number of rotatable bonds is 0. The van der Waals surface area contributed by atoms with Crippen LogP contribution in [-0.2, 0) is 0 Å². The summed E-state index contributed by atoms with van der Waals surface area (Å²) in [7, 11) is 0. The Morgan fingerprint density at radius 1 is 0.667 bits per heavy atom. The van der Waals surface area contributed by atoms with E-state index in [-0.39, 0.29) is 0 Å². The minimum Gasteiger partial charge on any atom is -0.0530 e. The van der Waals surface area contributed by atoms with Crippen molar-refractivity contribution < 1.29 is 0 Å². The second-order valence-corrected chi connectivity index (χ2v) is 5.34. The largest absolute Gasteiger partial charge is 0.0530 e. The molecule has 0 radical (unpaired) electrons. The van der Waals surface area contributed by atoms with Gasteiger partial charge in [0, 0.05) is 0 Å². The van der Waals surface area contributed by atoms with Crippen LogP contribution in [0.1, 0.15) is 57.8 Å². The summed E-state index contributed by atoms with van der Waals surface area (Å²) in [6.07, 6.45) is 14.2. The molecule has 0 N–H and O–H groups in total. The molecule has 0 heterocycles. The van der Waals surface area contributed by atoms with Gasteiger partial charge in [-0.1, -0.05) is 19.3 Å². The first-order valence-electron chi connectivity index (χ1n) is 5.92. The highest BCUT2D eigenvalue weighted by atomic mass is 14.6. The van der Waals surface area contributed by atoms with Gasteiger partial charge in [-0.2, -0.15) is 0 Å². The summed E-state index contributed by atoms with van der Waals surface area (Å²) in [6.45, 7) is 0. The minimum atomic E-state index is 0.913. The third-order valence-corrected chi connectivity index (χ3v) is 5.13. The van der Waals surface area contributed by atoms with E-state index in [2.05, 4.69) is 0 Å². The summed E-state index contributed by atoms with van der Waals surface area (Å²) >= 11 is 0. The molecule has 0 heteroatoms. The van der Waals surface area contributed by atoms with Crippen molar-refractivity contribution in [3.05, 3.63) is 0 Å². The van der Waals surface area contributed by atoms with Gasteiger partial charge in [0.2, 0.25) is 0 Å². The maximum absolute atomic E-state index is 1.60. The molecule has 12 heavy (non-hydrogen) atoms. The second kappa shape index (κ2) is 2.49. The van der Waals surface area contributed by atoms with Crippen LogP contribution in [0.5, 0.6) is 0 Å². The molecule has 0 aromatic heterocycles. The third kappa shape index (κ3) is 0.791. The summed E-state index contributed by atoms with van der Waals surface area (Å²) in [6, 6.07) is 0. The van der Waals surface area contributed by atoms with Crippen molar-refractivity contribution >= 4 is 0 Å². The van der Waals surface area contributed by atoms with Crippen molar-refractivity contribution in [2.45, 2.75) is 57.8 Å². The second-order valence-electron chi connectivity index (χ2n) is 5.34. The van der Waals surface area contributed by atoms with Crippen LogP contribution in [0, 0.1) is 17.3 Å². The molecule has 3 atom stereocenters. The number of hydrogen-bond donors (Lipinski definition) is 0. The van der Waals surface area contributed by atoms with Crippen molar-refractivity contribution in [3.8, 4) is 0 Å². The summed E-state index contributed by atoms with van der Waals surface area (Å²) in [5.74, 6) is 2.34. The molecule has 1 spiro atoms. The predicted octanol–water partition coefficient (Wildman–Crippen LogP) is 3.76. The average Bonchev–Trinajstić information content (AvgIpc) is 2.10. The van der Waals surface area contributed by atoms with Crippen molar-refractivity contribution in [1.29, 1.82) is 0 Å². The molecule has 0 aliphatic heterocycles. The van der Waals surface area contributed by atoms with Gasteiger partial charge in [-0.25, -0.2) is 0 Å². The van der Waals surface area contributed by atoms with Crippen molar-refractivity contribution in [2.75, 3.05) is 0 Å². The SMILES string of the molecule is C1CCC23CCC2CCCC3C1. The van der Waals surface area contributed by atoms with E-state index >= 15 is 0 Å². The lowest BCUT2D eigenvalue weighted by atomic mass is 9.45. The summed E-state index contributed by atoms with van der Waals surface area (Å²) in [4.78, 5) is 0. The Kier molecular flexibility index (Phi) is 1.54. The molecule has 0 aromatic carbocycles. The fourth-order valence-electron chi connectivity index (χ4n) is 4.40. The zero-order valence-electron chi connectivity index (χ0n) is 8.02. The fourth-order valence-corrected chi connectivity index (χ4v) is 4.40. The van der Waals surface area contributed by atoms with E-state index in [1.165, 1.54) is 11.8 Å². The van der Waals surface area contributed by atoms with Gasteiger partial charge in [-0.05, 0) is 55.8 Å². The van der Waals surface area contributed by atoms with E-state index in [9.17, 15) is 0 Å². The topological polar surface area (TPSA) is 0 Å². The molecule has 0 aromatic rings. The van der Waals surface area contributed by atoms with Crippen LogP contribution in [0.15, 0.2) is 0 Å². The molecular formula is C12H20. The predicted molar refractivity (Wildman–Crippen MR) is 51.0 cm³/mol. The quantitative estimate of drug-likeness (QED) is 0.511. The lowest BCUT2D eigenvalue weighted by molar-refractivity contribution is -0.0952. The standard InChI is InChI=1S/C12H20/c1-2-8-12-9-7-11(12)6-3-5-10(12)4-1/h10-11H,1-9H2.